The molecule has 0 amide bonds. The fourth-order valence-corrected chi connectivity index (χ4v) is 1.47. The molecule has 0 radical (unpaired) electrons. The van der Waals surface area contributed by atoms with Crippen LogP contribution in [0.2, 0.25) is 0 Å². The summed E-state index contributed by atoms with van der Waals surface area (Å²) in [4.78, 5) is 0. The Hall–Kier alpha value is -0.0100. The largest absolute Gasteiger partial charge is 0.329 e. The number of hydrogen-bond acceptors (Lipinski definition) is 5. The van der Waals surface area contributed by atoms with Crippen LogP contribution < -0.4 is 16.4 Å². The molecule has 0 aliphatic carbocycles. The third-order valence-electron chi connectivity index (χ3n) is 1.65. The Morgan fingerprint density at radius 2 is 1.86 bits per heavy atom. The molecule has 0 aromatic heterocycles. The molecule has 0 bridgehead atoms. The van der Waals surface area contributed by atoms with E-state index in [9.17, 15) is 4.21 Å². The summed E-state index contributed by atoms with van der Waals surface area (Å²) < 4.78 is 15.4. The lowest BCUT2D eigenvalue weighted by Crippen LogP contribution is -2.31. The molecule has 0 aromatic carbocycles. The van der Waals surface area contributed by atoms with Gasteiger partial charge in [0.2, 0.25) is 0 Å². The van der Waals surface area contributed by atoms with Gasteiger partial charge in [-0.15, -0.1) is 0 Å². The molecule has 0 saturated heterocycles. The molecule has 0 aromatic rings. The van der Waals surface area contributed by atoms with Gasteiger partial charge in [0.05, 0.1) is 12.9 Å². The Morgan fingerprint density at radius 3 is 2.43 bits per heavy atom. The lowest BCUT2D eigenvalue weighted by Gasteiger charge is -2.04. The zero-order chi connectivity index (χ0) is 10.6. The van der Waals surface area contributed by atoms with Gasteiger partial charge in [-0.3, -0.25) is 4.18 Å². The van der Waals surface area contributed by atoms with Crippen LogP contribution in [0.25, 0.3) is 0 Å². The van der Waals surface area contributed by atoms with Crippen LogP contribution in [0, 0.1) is 0 Å². The molecular weight excluding hydrogens is 202 g/mol. The normalized spacial score (nSPS) is 13.0. The molecule has 6 heteroatoms. The second-order valence-corrected chi connectivity index (χ2v) is 4.17. The SMILES string of the molecule is COS(=O)CCCNCCNCCN. The average Bonchev–Trinajstić information content (AvgIpc) is 2.21. The van der Waals surface area contributed by atoms with E-state index in [1.165, 1.54) is 7.11 Å². The van der Waals surface area contributed by atoms with Crippen LogP contribution >= 0.6 is 0 Å². The van der Waals surface area contributed by atoms with Crippen molar-refractivity contribution in [1.29, 1.82) is 0 Å². The van der Waals surface area contributed by atoms with Crippen molar-refractivity contribution < 1.29 is 8.39 Å². The van der Waals surface area contributed by atoms with Gasteiger partial charge < -0.3 is 16.4 Å². The Balaban J connectivity index is 2.95. The zero-order valence-electron chi connectivity index (χ0n) is 8.75. The van der Waals surface area contributed by atoms with Crippen LogP contribution in [-0.2, 0) is 15.3 Å². The monoisotopic (exact) mass is 223 g/mol. The number of nitrogens with two attached hydrogens (primary N) is 1. The molecule has 4 N–H and O–H groups in total. The molecule has 0 saturated carbocycles. The third kappa shape index (κ3) is 10.1. The molecule has 0 aliphatic rings. The van der Waals surface area contributed by atoms with Gasteiger partial charge in [-0.25, -0.2) is 4.21 Å². The van der Waals surface area contributed by atoms with Crippen LogP contribution in [0.15, 0.2) is 0 Å². The number of rotatable bonds is 10. The minimum absolute atomic E-state index is 0.597. The van der Waals surface area contributed by atoms with E-state index in [0.29, 0.717) is 12.3 Å². The predicted octanol–water partition coefficient (Wildman–Crippen LogP) is -1.18. The van der Waals surface area contributed by atoms with Gasteiger partial charge in [0.15, 0.2) is 11.1 Å². The maximum atomic E-state index is 10.8. The fraction of sp³-hybridized carbons (Fsp3) is 1.00. The minimum atomic E-state index is -1.11. The fourth-order valence-electron chi connectivity index (χ4n) is 0.927. The van der Waals surface area contributed by atoms with Crippen molar-refractivity contribution in [2.24, 2.45) is 5.73 Å². The zero-order valence-corrected chi connectivity index (χ0v) is 9.57. The summed E-state index contributed by atoms with van der Waals surface area (Å²) in [5.41, 5.74) is 5.31. The summed E-state index contributed by atoms with van der Waals surface area (Å²) in [6, 6.07) is 0. The molecule has 86 valence electrons. The molecule has 14 heavy (non-hydrogen) atoms. The van der Waals surface area contributed by atoms with Gasteiger partial charge in [0, 0.05) is 26.2 Å². The molecular formula is C8H21N3O2S. The van der Waals surface area contributed by atoms with E-state index in [1.807, 2.05) is 0 Å². The van der Waals surface area contributed by atoms with Gasteiger partial charge in [-0.2, -0.15) is 0 Å². The lowest BCUT2D eigenvalue weighted by atomic mass is 10.4. The number of hydrogen-bond donors (Lipinski definition) is 3. The summed E-state index contributed by atoms with van der Waals surface area (Å²) in [6.45, 7) is 4.24. The maximum Gasteiger partial charge on any atom is 0.155 e. The highest BCUT2D eigenvalue weighted by Crippen LogP contribution is 1.85. The number of nitrogens with one attached hydrogen (secondary N) is 2. The van der Waals surface area contributed by atoms with Crippen molar-refractivity contribution >= 4 is 11.1 Å². The van der Waals surface area contributed by atoms with E-state index in [2.05, 4.69) is 14.8 Å². The Labute approximate surface area is 88.4 Å². The first-order valence-electron chi connectivity index (χ1n) is 4.85. The van der Waals surface area contributed by atoms with Gasteiger partial charge in [-0.05, 0) is 13.0 Å². The third-order valence-corrected chi connectivity index (χ3v) is 2.64. The van der Waals surface area contributed by atoms with Crippen LogP contribution in [0.4, 0.5) is 0 Å². The van der Waals surface area contributed by atoms with E-state index in [1.54, 1.807) is 0 Å². The highest BCUT2D eigenvalue weighted by Gasteiger charge is 1.95. The Morgan fingerprint density at radius 1 is 1.21 bits per heavy atom. The van der Waals surface area contributed by atoms with Crippen LogP contribution in [0.5, 0.6) is 0 Å². The summed E-state index contributed by atoms with van der Waals surface area (Å²) in [6.07, 6.45) is 0.872. The first-order valence-corrected chi connectivity index (χ1v) is 6.10. The first kappa shape index (κ1) is 14.0. The smallest absolute Gasteiger partial charge is 0.155 e. The van der Waals surface area contributed by atoms with Gasteiger partial charge in [0.1, 0.15) is 0 Å². The quantitative estimate of drug-likeness (QED) is 0.407. The maximum absolute atomic E-state index is 10.8. The van der Waals surface area contributed by atoms with E-state index in [0.717, 1.165) is 32.6 Å². The molecule has 0 rings (SSSR count). The van der Waals surface area contributed by atoms with Crippen molar-refractivity contribution in [3.05, 3.63) is 0 Å². The minimum Gasteiger partial charge on any atom is -0.329 e. The van der Waals surface area contributed by atoms with E-state index in [-0.39, 0.29) is 0 Å². The lowest BCUT2D eigenvalue weighted by molar-refractivity contribution is 0.444. The first-order chi connectivity index (χ1) is 6.81. The van der Waals surface area contributed by atoms with E-state index < -0.39 is 11.1 Å². The average molecular weight is 223 g/mol. The van der Waals surface area contributed by atoms with Crippen molar-refractivity contribution in [1.82, 2.24) is 10.6 Å². The highest BCUT2D eigenvalue weighted by molar-refractivity contribution is 7.80. The molecule has 0 heterocycles. The van der Waals surface area contributed by atoms with Crippen molar-refractivity contribution in [2.45, 2.75) is 6.42 Å². The molecule has 1 unspecified atom stereocenters. The van der Waals surface area contributed by atoms with Crippen molar-refractivity contribution in [3.8, 4) is 0 Å². The van der Waals surface area contributed by atoms with Crippen molar-refractivity contribution in [3.63, 3.8) is 0 Å². The van der Waals surface area contributed by atoms with Gasteiger partial charge >= 0.3 is 0 Å². The molecule has 1 atom stereocenters. The van der Waals surface area contributed by atoms with E-state index >= 15 is 0 Å². The molecule has 5 nitrogen and oxygen atoms in total. The van der Waals surface area contributed by atoms with Gasteiger partial charge in [-0.1, -0.05) is 0 Å². The van der Waals surface area contributed by atoms with E-state index in [4.69, 9.17) is 5.73 Å². The summed E-state index contributed by atoms with van der Waals surface area (Å²) in [5.74, 6) is 0.597. The van der Waals surface area contributed by atoms with Crippen LogP contribution in [0.3, 0.4) is 0 Å². The van der Waals surface area contributed by atoms with Crippen LogP contribution in [-0.4, -0.2) is 49.8 Å². The molecule has 0 aliphatic heterocycles. The van der Waals surface area contributed by atoms with Gasteiger partial charge in [0.25, 0.3) is 0 Å². The second-order valence-electron chi connectivity index (χ2n) is 2.82. The van der Waals surface area contributed by atoms with Crippen molar-refractivity contribution in [2.75, 3.05) is 45.6 Å². The topological polar surface area (TPSA) is 76.4 Å². The molecule has 0 spiro atoms. The second kappa shape index (κ2) is 11.1. The standard InChI is InChI=1S/C8H21N3O2S/c1-13-14(12)8-2-4-10-6-7-11-5-3-9/h10-11H,2-9H2,1H3. The Bertz CT molecular complexity index is 147. The summed E-state index contributed by atoms with van der Waals surface area (Å²) >= 11 is -1.11. The summed E-state index contributed by atoms with van der Waals surface area (Å²) in [5, 5.41) is 6.40. The Kier molecular flexibility index (Phi) is 11.1. The highest BCUT2D eigenvalue weighted by atomic mass is 32.2. The molecule has 0 fully saturated rings. The predicted molar refractivity (Wildman–Crippen MR) is 59.4 cm³/mol. The summed E-state index contributed by atoms with van der Waals surface area (Å²) in [7, 11) is 1.46. The van der Waals surface area contributed by atoms with Crippen LogP contribution in [0.1, 0.15) is 6.42 Å².